The maximum absolute atomic E-state index is 13.4. The molecule has 0 bridgehead atoms. The number of aromatic nitrogens is 3. The molecule has 1 aliphatic heterocycles. The number of hydrogen-bond donors (Lipinski definition) is 0. The van der Waals surface area contributed by atoms with E-state index in [0.717, 1.165) is 18.7 Å². The monoisotopic (exact) mass is 356 g/mol. The van der Waals surface area contributed by atoms with Gasteiger partial charge in [-0.1, -0.05) is 50.6 Å². The van der Waals surface area contributed by atoms with Gasteiger partial charge in [-0.25, -0.2) is 9.67 Å². The number of ether oxygens (including phenoxy) is 1. The van der Waals surface area contributed by atoms with Gasteiger partial charge in [0.1, 0.15) is 18.7 Å². The predicted octanol–water partition coefficient (Wildman–Crippen LogP) is 2.82. The van der Waals surface area contributed by atoms with Crippen molar-refractivity contribution in [2.75, 3.05) is 26.3 Å². The number of carbonyl (C=O) groups excluding carboxylic acids is 1. The second kappa shape index (κ2) is 7.68. The van der Waals surface area contributed by atoms with E-state index in [-0.39, 0.29) is 11.8 Å². The summed E-state index contributed by atoms with van der Waals surface area (Å²) in [6.45, 7) is 10.9. The summed E-state index contributed by atoms with van der Waals surface area (Å²) in [5, 5.41) is 4.34. The van der Waals surface area contributed by atoms with Crippen LogP contribution in [0.15, 0.2) is 36.9 Å². The molecule has 2 heterocycles. The van der Waals surface area contributed by atoms with Gasteiger partial charge in [0.05, 0.1) is 19.3 Å². The lowest BCUT2D eigenvalue weighted by Crippen LogP contribution is -2.46. The number of benzene rings is 1. The second-order valence-corrected chi connectivity index (χ2v) is 7.94. The Morgan fingerprint density at radius 1 is 1.15 bits per heavy atom. The highest BCUT2D eigenvalue weighted by atomic mass is 16.5. The molecule has 0 N–H and O–H groups in total. The number of rotatable bonds is 5. The Kier molecular flexibility index (Phi) is 5.53. The summed E-state index contributed by atoms with van der Waals surface area (Å²) >= 11 is 0. The standard InChI is InChI=1S/C20H28N4O2/c1-15-5-7-16(8-6-15)17(23-9-11-26-12-10-23)18(19(25)20(2,3)4)24-14-21-13-22-24/h5-8,13-14,17-18H,9-12H2,1-4H3. The van der Waals surface area contributed by atoms with Crippen LogP contribution in [0, 0.1) is 12.3 Å². The van der Waals surface area contributed by atoms with Crippen molar-refractivity contribution in [2.45, 2.75) is 39.8 Å². The van der Waals surface area contributed by atoms with E-state index in [9.17, 15) is 4.79 Å². The quantitative estimate of drug-likeness (QED) is 0.824. The van der Waals surface area contributed by atoms with E-state index in [1.165, 1.54) is 11.9 Å². The number of Topliss-reactive ketones (excluding diaryl/α,β-unsaturated/α-hetero) is 1. The lowest BCUT2D eigenvalue weighted by atomic mass is 9.81. The molecule has 0 saturated carbocycles. The number of hydrogen-bond acceptors (Lipinski definition) is 5. The molecule has 6 nitrogen and oxygen atoms in total. The van der Waals surface area contributed by atoms with Gasteiger partial charge in [-0.15, -0.1) is 0 Å². The third kappa shape index (κ3) is 4.02. The van der Waals surface area contributed by atoms with E-state index in [1.807, 2.05) is 20.8 Å². The van der Waals surface area contributed by atoms with Gasteiger partial charge < -0.3 is 4.74 Å². The highest BCUT2D eigenvalue weighted by molar-refractivity contribution is 5.88. The topological polar surface area (TPSA) is 60.2 Å². The van der Waals surface area contributed by atoms with Gasteiger partial charge in [-0.3, -0.25) is 9.69 Å². The van der Waals surface area contributed by atoms with E-state index in [4.69, 9.17) is 4.74 Å². The molecule has 1 aromatic carbocycles. The van der Waals surface area contributed by atoms with Crippen molar-refractivity contribution < 1.29 is 9.53 Å². The Bertz CT molecular complexity index is 713. The average molecular weight is 356 g/mol. The van der Waals surface area contributed by atoms with Crippen LogP contribution in [0.25, 0.3) is 0 Å². The normalized spacial score (nSPS) is 18.5. The minimum Gasteiger partial charge on any atom is -0.379 e. The van der Waals surface area contributed by atoms with Crippen LogP contribution in [0.3, 0.4) is 0 Å². The lowest BCUT2D eigenvalue weighted by Gasteiger charge is -2.40. The summed E-state index contributed by atoms with van der Waals surface area (Å²) < 4.78 is 7.26. The predicted molar refractivity (Wildman–Crippen MR) is 99.8 cm³/mol. The molecule has 2 unspecified atom stereocenters. The Hall–Kier alpha value is -2.05. The van der Waals surface area contributed by atoms with Gasteiger partial charge in [0.15, 0.2) is 5.78 Å². The molecule has 0 amide bonds. The van der Waals surface area contributed by atoms with E-state index >= 15 is 0 Å². The summed E-state index contributed by atoms with van der Waals surface area (Å²) in [5.74, 6) is 0.153. The zero-order valence-electron chi connectivity index (χ0n) is 16.1. The first-order chi connectivity index (χ1) is 12.4. The molecule has 0 radical (unpaired) electrons. The number of ketones is 1. The van der Waals surface area contributed by atoms with Gasteiger partial charge in [0.2, 0.25) is 0 Å². The third-order valence-electron chi connectivity index (χ3n) is 4.89. The Labute approximate surface area is 155 Å². The van der Waals surface area contributed by atoms with Crippen LogP contribution in [0.5, 0.6) is 0 Å². The molecule has 6 heteroatoms. The first kappa shape index (κ1) is 18.7. The molecule has 140 valence electrons. The number of aryl methyl sites for hydroxylation is 1. The van der Waals surface area contributed by atoms with Crippen LogP contribution in [-0.4, -0.2) is 51.8 Å². The third-order valence-corrected chi connectivity index (χ3v) is 4.89. The maximum atomic E-state index is 13.4. The lowest BCUT2D eigenvalue weighted by molar-refractivity contribution is -0.133. The molecular formula is C20H28N4O2. The number of morpholine rings is 1. The van der Waals surface area contributed by atoms with Crippen LogP contribution < -0.4 is 0 Å². The van der Waals surface area contributed by atoms with Crippen molar-refractivity contribution in [1.82, 2.24) is 19.7 Å². The van der Waals surface area contributed by atoms with Crippen LogP contribution in [-0.2, 0) is 9.53 Å². The van der Waals surface area contributed by atoms with E-state index in [1.54, 1.807) is 11.0 Å². The maximum Gasteiger partial charge on any atom is 0.164 e. The highest BCUT2D eigenvalue weighted by Crippen LogP contribution is 2.37. The molecule has 2 atom stereocenters. The molecule has 1 aliphatic rings. The molecule has 1 aromatic heterocycles. The summed E-state index contributed by atoms with van der Waals surface area (Å²) in [4.78, 5) is 19.9. The first-order valence-electron chi connectivity index (χ1n) is 9.15. The molecule has 0 spiro atoms. The van der Waals surface area contributed by atoms with Gasteiger partial charge in [-0.2, -0.15) is 5.10 Å². The molecule has 0 aliphatic carbocycles. The van der Waals surface area contributed by atoms with Gasteiger partial charge >= 0.3 is 0 Å². The Morgan fingerprint density at radius 2 is 1.81 bits per heavy atom. The second-order valence-electron chi connectivity index (χ2n) is 7.94. The smallest absolute Gasteiger partial charge is 0.164 e. The number of nitrogens with zero attached hydrogens (tertiary/aromatic N) is 4. The minimum absolute atomic E-state index is 0.104. The fourth-order valence-electron chi connectivity index (χ4n) is 3.42. The average Bonchev–Trinajstić information content (AvgIpc) is 3.14. The molecule has 1 fully saturated rings. The first-order valence-corrected chi connectivity index (χ1v) is 9.15. The number of carbonyl (C=O) groups is 1. The van der Waals surface area contributed by atoms with Gasteiger partial charge in [0.25, 0.3) is 0 Å². The van der Waals surface area contributed by atoms with E-state index in [2.05, 4.69) is 46.2 Å². The summed E-state index contributed by atoms with van der Waals surface area (Å²) in [5.41, 5.74) is 1.84. The SMILES string of the molecule is Cc1ccc(C(C(C(=O)C(C)(C)C)n2cncn2)N2CCOCC2)cc1. The van der Waals surface area contributed by atoms with Crippen molar-refractivity contribution >= 4 is 5.78 Å². The Morgan fingerprint density at radius 3 is 2.35 bits per heavy atom. The van der Waals surface area contributed by atoms with E-state index in [0.29, 0.717) is 13.2 Å². The van der Waals surface area contributed by atoms with E-state index < -0.39 is 11.5 Å². The summed E-state index contributed by atoms with van der Waals surface area (Å²) in [6, 6.07) is 7.90. The molecule has 26 heavy (non-hydrogen) atoms. The highest BCUT2D eigenvalue weighted by Gasteiger charge is 2.41. The molecular weight excluding hydrogens is 328 g/mol. The molecule has 2 aromatic rings. The van der Waals surface area contributed by atoms with Crippen molar-refractivity contribution in [3.8, 4) is 0 Å². The molecule has 3 rings (SSSR count). The van der Waals surface area contributed by atoms with Crippen molar-refractivity contribution in [2.24, 2.45) is 5.41 Å². The van der Waals surface area contributed by atoms with Gasteiger partial charge in [-0.05, 0) is 12.5 Å². The zero-order chi connectivity index (χ0) is 18.7. The largest absolute Gasteiger partial charge is 0.379 e. The van der Waals surface area contributed by atoms with Gasteiger partial charge in [0, 0.05) is 18.5 Å². The minimum atomic E-state index is -0.480. The summed E-state index contributed by atoms with van der Waals surface area (Å²) in [7, 11) is 0. The van der Waals surface area contributed by atoms with Crippen LogP contribution >= 0.6 is 0 Å². The Balaban J connectivity index is 2.08. The molecule has 1 saturated heterocycles. The van der Waals surface area contributed by atoms with Crippen molar-refractivity contribution in [3.63, 3.8) is 0 Å². The van der Waals surface area contributed by atoms with Crippen LogP contribution in [0.1, 0.15) is 44.0 Å². The van der Waals surface area contributed by atoms with Crippen molar-refractivity contribution in [3.05, 3.63) is 48.0 Å². The van der Waals surface area contributed by atoms with Crippen molar-refractivity contribution in [1.29, 1.82) is 0 Å². The van der Waals surface area contributed by atoms with Crippen LogP contribution in [0.2, 0.25) is 0 Å². The fraction of sp³-hybridized carbons (Fsp3) is 0.550. The fourth-order valence-corrected chi connectivity index (χ4v) is 3.42. The van der Waals surface area contributed by atoms with Crippen LogP contribution in [0.4, 0.5) is 0 Å². The summed E-state index contributed by atoms with van der Waals surface area (Å²) in [6.07, 6.45) is 3.14. The zero-order valence-corrected chi connectivity index (χ0v) is 16.1.